The molecule has 5 rings (SSSR count). The highest BCUT2D eigenvalue weighted by Gasteiger charge is 2.43. The summed E-state index contributed by atoms with van der Waals surface area (Å²) in [5.74, 6) is -2.22. The molecule has 9 nitrogen and oxygen atoms in total. The maximum atomic E-state index is 13.5. The lowest BCUT2D eigenvalue weighted by Gasteiger charge is -2.33. The number of imide groups is 2. The van der Waals surface area contributed by atoms with Crippen molar-refractivity contribution in [2.24, 2.45) is 0 Å². The Bertz CT molecular complexity index is 1680. The Hall–Kier alpha value is -5.78. The Morgan fingerprint density at radius 2 is 1.31 bits per heavy atom. The largest absolute Gasteiger partial charge is 0.450 e. The van der Waals surface area contributed by atoms with Crippen molar-refractivity contribution in [2.45, 2.75) is 6.18 Å². The Balaban J connectivity index is 1.54. The number of nitro groups is 1. The number of alkyl halides is 3. The number of rotatable bonds is 6. The number of benzene rings is 4. The first-order chi connectivity index (χ1) is 20.0. The van der Waals surface area contributed by atoms with Gasteiger partial charge in [0.2, 0.25) is 5.75 Å². The van der Waals surface area contributed by atoms with Crippen molar-refractivity contribution in [3.05, 3.63) is 130 Å². The Kier molecular flexibility index (Phi) is 7.28. The first-order valence-corrected chi connectivity index (χ1v) is 12.2. The minimum atomic E-state index is -4.79. The van der Waals surface area contributed by atoms with Crippen molar-refractivity contribution in [1.29, 1.82) is 0 Å². The zero-order valence-corrected chi connectivity index (χ0v) is 21.3. The molecular formula is C30H18F3N3O6. The van der Waals surface area contributed by atoms with Crippen LogP contribution in [0.2, 0.25) is 0 Å². The minimum Gasteiger partial charge on any atom is -0.450 e. The second kappa shape index (κ2) is 11.0. The fourth-order valence-electron chi connectivity index (χ4n) is 4.22. The van der Waals surface area contributed by atoms with Crippen LogP contribution < -0.4 is 14.5 Å². The predicted octanol–water partition coefficient (Wildman–Crippen LogP) is 6.99. The summed E-state index contributed by atoms with van der Waals surface area (Å²) in [5, 5.41) is 11.5. The molecule has 0 radical (unpaired) electrons. The Morgan fingerprint density at radius 3 is 1.83 bits per heavy atom. The van der Waals surface area contributed by atoms with Crippen LogP contribution >= 0.6 is 0 Å². The normalized spacial score (nSPS) is 13.8. The predicted molar refractivity (Wildman–Crippen MR) is 146 cm³/mol. The van der Waals surface area contributed by atoms with E-state index in [2.05, 4.69) is 0 Å². The van der Waals surface area contributed by atoms with Crippen LogP contribution in [0.25, 0.3) is 6.08 Å². The molecule has 42 heavy (non-hydrogen) atoms. The van der Waals surface area contributed by atoms with Crippen LogP contribution in [-0.2, 0) is 15.8 Å². The van der Waals surface area contributed by atoms with Crippen LogP contribution in [0, 0.1) is 10.1 Å². The SMILES string of the molecule is O=C1C(=Cc2cccc(Oc3ccc(C(F)(F)F)cc3[N+](=O)[O-])c2)C(=O)N(c2ccccc2)C(=O)N1c1ccccc1. The van der Waals surface area contributed by atoms with Gasteiger partial charge in [0.15, 0.2) is 0 Å². The Labute approximate surface area is 235 Å². The molecule has 4 aromatic carbocycles. The number of carbonyl (C=O) groups excluding carboxylic acids is 3. The molecule has 12 heteroatoms. The number of nitrogens with zero attached hydrogens (tertiary/aromatic N) is 3. The van der Waals surface area contributed by atoms with Crippen LogP contribution in [0.1, 0.15) is 11.1 Å². The maximum absolute atomic E-state index is 13.5. The fourth-order valence-corrected chi connectivity index (χ4v) is 4.22. The van der Waals surface area contributed by atoms with Crippen LogP contribution in [-0.4, -0.2) is 22.8 Å². The number of amides is 4. The summed E-state index contributed by atoms with van der Waals surface area (Å²) in [6.07, 6.45) is -3.56. The molecule has 0 aromatic heterocycles. The molecule has 0 saturated carbocycles. The summed E-state index contributed by atoms with van der Waals surface area (Å²) in [6, 6.07) is 22.8. The number of ether oxygens (including phenoxy) is 1. The van der Waals surface area contributed by atoms with Gasteiger partial charge in [-0.1, -0.05) is 48.5 Å². The highest BCUT2D eigenvalue weighted by atomic mass is 19.4. The van der Waals surface area contributed by atoms with E-state index in [1.807, 2.05) is 0 Å². The second-order valence-corrected chi connectivity index (χ2v) is 8.90. The van der Waals surface area contributed by atoms with Gasteiger partial charge in [-0.15, -0.1) is 0 Å². The molecular weight excluding hydrogens is 555 g/mol. The van der Waals surface area contributed by atoms with Gasteiger partial charge in [0, 0.05) is 6.07 Å². The molecule has 4 amide bonds. The number of barbiturate groups is 1. The van der Waals surface area contributed by atoms with Gasteiger partial charge in [-0.05, 0) is 60.2 Å². The second-order valence-electron chi connectivity index (χ2n) is 8.90. The molecule has 1 fully saturated rings. The quantitative estimate of drug-likeness (QED) is 0.106. The minimum absolute atomic E-state index is 0.0150. The molecule has 0 spiro atoms. The van der Waals surface area contributed by atoms with Crippen LogP contribution in [0.4, 0.5) is 35.0 Å². The third-order valence-corrected chi connectivity index (χ3v) is 6.16. The van der Waals surface area contributed by atoms with E-state index >= 15 is 0 Å². The van der Waals surface area contributed by atoms with Crippen molar-refractivity contribution in [1.82, 2.24) is 0 Å². The van der Waals surface area contributed by atoms with Gasteiger partial charge < -0.3 is 4.74 Å². The fraction of sp³-hybridized carbons (Fsp3) is 0.0333. The molecule has 0 unspecified atom stereocenters. The van der Waals surface area contributed by atoms with Gasteiger partial charge in [0.25, 0.3) is 11.8 Å². The van der Waals surface area contributed by atoms with E-state index in [1.54, 1.807) is 36.4 Å². The van der Waals surface area contributed by atoms with Gasteiger partial charge in [-0.2, -0.15) is 13.2 Å². The number of hydrogen-bond acceptors (Lipinski definition) is 6. The summed E-state index contributed by atoms with van der Waals surface area (Å²) in [5.41, 5.74) is -1.76. The molecule has 0 atom stereocenters. The summed E-state index contributed by atoms with van der Waals surface area (Å²) < 4.78 is 44.8. The molecule has 1 saturated heterocycles. The van der Waals surface area contributed by atoms with Gasteiger partial charge in [-0.25, -0.2) is 14.6 Å². The van der Waals surface area contributed by atoms with Gasteiger partial charge in [-0.3, -0.25) is 19.7 Å². The van der Waals surface area contributed by atoms with E-state index in [9.17, 15) is 37.7 Å². The molecule has 0 aliphatic carbocycles. The lowest BCUT2D eigenvalue weighted by Crippen LogP contribution is -2.57. The van der Waals surface area contributed by atoms with E-state index in [4.69, 9.17) is 4.74 Å². The zero-order valence-electron chi connectivity index (χ0n) is 21.3. The van der Waals surface area contributed by atoms with Crippen LogP contribution in [0.5, 0.6) is 11.5 Å². The maximum Gasteiger partial charge on any atom is 0.416 e. The molecule has 1 heterocycles. The standard InChI is InChI=1S/C30H18F3N3O6/c31-30(32,33)20-14-15-26(25(18-20)36(40)41)42-23-13-7-8-19(16-23)17-24-27(37)34(21-9-3-1-4-10-21)29(39)35(28(24)38)22-11-5-2-6-12-22/h1-18H. The summed E-state index contributed by atoms with van der Waals surface area (Å²) in [4.78, 5) is 52.7. The van der Waals surface area contributed by atoms with Crippen molar-refractivity contribution < 1.29 is 37.2 Å². The lowest BCUT2D eigenvalue weighted by atomic mass is 10.0. The van der Waals surface area contributed by atoms with Crippen LogP contribution in [0.15, 0.2) is 109 Å². The zero-order chi connectivity index (χ0) is 30.0. The first-order valence-electron chi connectivity index (χ1n) is 12.2. The average molecular weight is 573 g/mol. The van der Waals surface area contributed by atoms with E-state index in [0.29, 0.717) is 12.1 Å². The summed E-state index contributed by atoms with van der Waals surface area (Å²) in [7, 11) is 0. The molecule has 0 bridgehead atoms. The number of halogens is 3. The Morgan fingerprint density at radius 1 is 0.738 bits per heavy atom. The summed E-state index contributed by atoms with van der Waals surface area (Å²) in [6.45, 7) is 0. The molecule has 4 aromatic rings. The monoisotopic (exact) mass is 573 g/mol. The highest BCUT2D eigenvalue weighted by molar-refractivity contribution is 6.46. The number of nitro benzene ring substituents is 1. The average Bonchev–Trinajstić information content (AvgIpc) is 2.96. The van der Waals surface area contributed by atoms with E-state index < -0.39 is 45.9 Å². The van der Waals surface area contributed by atoms with Crippen molar-refractivity contribution in [2.75, 3.05) is 9.80 Å². The molecule has 0 N–H and O–H groups in total. The number of urea groups is 1. The topological polar surface area (TPSA) is 110 Å². The van der Waals surface area contributed by atoms with Gasteiger partial charge in [0.1, 0.15) is 11.3 Å². The number of para-hydroxylation sites is 2. The molecule has 210 valence electrons. The van der Waals surface area contributed by atoms with Crippen molar-refractivity contribution in [3.63, 3.8) is 0 Å². The number of hydrogen-bond donors (Lipinski definition) is 0. The van der Waals surface area contributed by atoms with Gasteiger partial charge >= 0.3 is 17.9 Å². The summed E-state index contributed by atoms with van der Waals surface area (Å²) >= 11 is 0. The smallest absolute Gasteiger partial charge is 0.416 e. The van der Waals surface area contributed by atoms with Crippen LogP contribution in [0.3, 0.4) is 0 Å². The number of anilines is 2. The third-order valence-electron chi connectivity index (χ3n) is 6.16. The van der Waals surface area contributed by atoms with Gasteiger partial charge in [0.05, 0.1) is 21.9 Å². The molecule has 1 aliphatic heterocycles. The highest BCUT2D eigenvalue weighted by Crippen LogP contribution is 2.38. The van der Waals surface area contributed by atoms with E-state index in [1.165, 1.54) is 54.6 Å². The van der Waals surface area contributed by atoms with Crippen molar-refractivity contribution in [3.8, 4) is 11.5 Å². The van der Waals surface area contributed by atoms with Crippen molar-refractivity contribution >= 4 is 41.0 Å². The van der Waals surface area contributed by atoms with E-state index in [0.717, 1.165) is 15.9 Å². The molecule has 1 aliphatic rings. The first kappa shape index (κ1) is 27.8. The lowest BCUT2D eigenvalue weighted by molar-refractivity contribution is -0.385. The number of carbonyl (C=O) groups is 3. The van der Waals surface area contributed by atoms with E-state index in [-0.39, 0.29) is 28.3 Å². The third kappa shape index (κ3) is 5.45.